The molecule has 72 valence electrons. The molecule has 0 aliphatic heterocycles. The molecule has 0 radical (unpaired) electrons. The minimum Gasteiger partial charge on any atom is -0.480 e. The normalized spacial score (nSPS) is 10.6. The number of aromatic nitrogens is 2. The maximum absolute atomic E-state index is 10.5. The van der Waals surface area contributed by atoms with Crippen molar-refractivity contribution in [1.82, 2.24) is 9.55 Å². The number of nitrogens with zero attached hydrogens (tertiary/aromatic N) is 2. The average Bonchev–Trinajstić information content (AvgIpc) is 2.47. The van der Waals surface area contributed by atoms with Gasteiger partial charge in [-0.25, -0.2) is 4.98 Å². The number of aliphatic carboxylic acids is 1. The van der Waals surface area contributed by atoms with Crippen molar-refractivity contribution >= 4 is 32.9 Å². The quantitative estimate of drug-likeness (QED) is 0.833. The van der Waals surface area contributed by atoms with Crippen molar-refractivity contribution in [2.45, 2.75) is 6.54 Å². The van der Waals surface area contributed by atoms with Crippen molar-refractivity contribution in [3.05, 3.63) is 29.0 Å². The highest BCUT2D eigenvalue weighted by Crippen LogP contribution is 2.16. The lowest BCUT2D eigenvalue weighted by molar-refractivity contribution is -0.137. The Morgan fingerprint density at radius 2 is 2.29 bits per heavy atom. The summed E-state index contributed by atoms with van der Waals surface area (Å²) in [7, 11) is 0. The lowest BCUT2D eigenvalue weighted by atomic mass is 10.3. The maximum atomic E-state index is 10.5. The zero-order chi connectivity index (χ0) is 10.1. The van der Waals surface area contributed by atoms with Gasteiger partial charge in [0, 0.05) is 11.6 Å². The molecule has 2 rings (SSSR count). The molecule has 0 spiro atoms. The molecule has 0 unspecified atom stereocenters. The van der Waals surface area contributed by atoms with E-state index in [2.05, 4.69) is 20.9 Å². The lowest BCUT2D eigenvalue weighted by Gasteiger charge is -1.99. The summed E-state index contributed by atoms with van der Waals surface area (Å²) in [6.07, 6.45) is 1.72. The van der Waals surface area contributed by atoms with Crippen LogP contribution in [-0.4, -0.2) is 20.6 Å². The third kappa shape index (κ3) is 1.63. The first-order valence-corrected chi connectivity index (χ1v) is 4.79. The van der Waals surface area contributed by atoms with Crippen molar-refractivity contribution in [1.29, 1.82) is 0 Å². The molecule has 0 atom stereocenters. The number of carboxylic acid groups (broad SMARTS) is 1. The van der Waals surface area contributed by atoms with Crippen LogP contribution in [0.15, 0.2) is 29.0 Å². The molecular weight excluding hydrogens is 248 g/mol. The van der Waals surface area contributed by atoms with Crippen LogP contribution in [0.5, 0.6) is 0 Å². The van der Waals surface area contributed by atoms with Crippen LogP contribution in [0.3, 0.4) is 0 Å². The Hall–Kier alpha value is -1.36. The van der Waals surface area contributed by atoms with Gasteiger partial charge in [0.05, 0.1) is 0 Å². The van der Waals surface area contributed by atoms with Gasteiger partial charge in [-0.2, -0.15) is 0 Å². The number of rotatable bonds is 2. The van der Waals surface area contributed by atoms with E-state index in [0.29, 0.717) is 10.3 Å². The van der Waals surface area contributed by atoms with E-state index in [1.54, 1.807) is 10.8 Å². The average molecular weight is 255 g/mol. The van der Waals surface area contributed by atoms with Crippen LogP contribution >= 0.6 is 15.9 Å². The molecule has 2 heterocycles. The molecule has 0 aliphatic rings. The molecule has 0 saturated heterocycles. The summed E-state index contributed by atoms with van der Waals surface area (Å²) in [6.45, 7) is -0.0625. The third-order valence-corrected chi connectivity index (χ3v) is 2.32. The van der Waals surface area contributed by atoms with E-state index in [0.717, 1.165) is 5.39 Å². The second-order valence-electron chi connectivity index (χ2n) is 2.88. The van der Waals surface area contributed by atoms with E-state index < -0.39 is 5.97 Å². The van der Waals surface area contributed by atoms with Crippen LogP contribution < -0.4 is 0 Å². The second kappa shape index (κ2) is 3.42. The molecule has 4 nitrogen and oxygen atoms in total. The van der Waals surface area contributed by atoms with Gasteiger partial charge in [-0.05, 0) is 34.1 Å². The predicted octanol–water partition coefficient (Wildman–Crippen LogP) is 1.88. The van der Waals surface area contributed by atoms with E-state index in [1.807, 2.05) is 18.2 Å². The topological polar surface area (TPSA) is 55.1 Å². The molecule has 0 aliphatic carbocycles. The molecule has 5 heteroatoms. The van der Waals surface area contributed by atoms with Crippen molar-refractivity contribution in [3.8, 4) is 0 Å². The molecule has 1 N–H and O–H groups in total. The number of hydrogen-bond donors (Lipinski definition) is 1. The van der Waals surface area contributed by atoms with Crippen molar-refractivity contribution in [2.75, 3.05) is 0 Å². The van der Waals surface area contributed by atoms with Crippen LogP contribution in [0.2, 0.25) is 0 Å². The largest absolute Gasteiger partial charge is 0.480 e. The van der Waals surface area contributed by atoms with Gasteiger partial charge in [-0.15, -0.1) is 0 Å². The van der Waals surface area contributed by atoms with Crippen LogP contribution in [0, 0.1) is 0 Å². The summed E-state index contributed by atoms with van der Waals surface area (Å²) >= 11 is 3.25. The smallest absolute Gasteiger partial charge is 0.323 e. The zero-order valence-corrected chi connectivity index (χ0v) is 8.73. The number of pyridine rings is 1. The van der Waals surface area contributed by atoms with Crippen molar-refractivity contribution in [2.24, 2.45) is 0 Å². The molecule has 0 aromatic carbocycles. The number of fused-ring (bicyclic) bond motifs is 1. The Morgan fingerprint density at radius 1 is 1.50 bits per heavy atom. The first-order valence-electron chi connectivity index (χ1n) is 4.00. The molecule has 2 aromatic rings. The van der Waals surface area contributed by atoms with Crippen molar-refractivity contribution in [3.63, 3.8) is 0 Å². The van der Waals surface area contributed by atoms with Crippen LogP contribution in [0.25, 0.3) is 11.0 Å². The molecule has 14 heavy (non-hydrogen) atoms. The fraction of sp³-hybridized carbons (Fsp3) is 0.111. The third-order valence-electron chi connectivity index (χ3n) is 1.88. The van der Waals surface area contributed by atoms with Crippen LogP contribution in [0.4, 0.5) is 0 Å². The Balaban J connectivity index is 2.55. The number of carboxylic acids is 1. The molecule has 2 aromatic heterocycles. The standard InChI is InChI=1S/C9H7BrN2O2/c10-7-2-1-6-3-4-12(5-8(13)14)9(6)11-7/h1-4H,5H2,(H,13,14). The summed E-state index contributed by atoms with van der Waals surface area (Å²) < 4.78 is 2.30. The van der Waals surface area contributed by atoms with E-state index in [-0.39, 0.29) is 6.54 Å². The Labute approximate surface area is 88.3 Å². The lowest BCUT2D eigenvalue weighted by Crippen LogP contribution is -2.07. The fourth-order valence-electron chi connectivity index (χ4n) is 1.31. The predicted molar refractivity (Wildman–Crippen MR) is 55.1 cm³/mol. The SMILES string of the molecule is O=C(O)Cn1ccc2ccc(Br)nc21. The van der Waals surface area contributed by atoms with Gasteiger partial charge in [0.25, 0.3) is 0 Å². The van der Waals surface area contributed by atoms with Gasteiger partial charge in [-0.1, -0.05) is 0 Å². The Morgan fingerprint density at radius 3 is 3.00 bits per heavy atom. The van der Waals surface area contributed by atoms with E-state index >= 15 is 0 Å². The number of carbonyl (C=O) groups is 1. The van der Waals surface area contributed by atoms with Gasteiger partial charge in [0.2, 0.25) is 0 Å². The van der Waals surface area contributed by atoms with E-state index in [4.69, 9.17) is 5.11 Å². The number of hydrogen-bond acceptors (Lipinski definition) is 2. The van der Waals surface area contributed by atoms with Crippen LogP contribution in [-0.2, 0) is 11.3 Å². The summed E-state index contributed by atoms with van der Waals surface area (Å²) in [5.74, 6) is -0.871. The van der Waals surface area contributed by atoms with Crippen LogP contribution in [0.1, 0.15) is 0 Å². The van der Waals surface area contributed by atoms with E-state index in [9.17, 15) is 4.79 Å². The molecule has 0 amide bonds. The summed E-state index contributed by atoms with van der Waals surface area (Å²) in [4.78, 5) is 14.7. The van der Waals surface area contributed by atoms with Gasteiger partial charge >= 0.3 is 5.97 Å². The zero-order valence-electron chi connectivity index (χ0n) is 7.14. The molecular formula is C9H7BrN2O2. The summed E-state index contributed by atoms with van der Waals surface area (Å²) in [6, 6.07) is 5.57. The molecule has 0 fully saturated rings. The maximum Gasteiger partial charge on any atom is 0.323 e. The van der Waals surface area contributed by atoms with Crippen molar-refractivity contribution < 1.29 is 9.90 Å². The fourth-order valence-corrected chi connectivity index (χ4v) is 1.61. The summed E-state index contributed by atoms with van der Waals surface area (Å²) in [5.41, 5.74) is 0.682. The van der Waals surface area contributed by atoms with Gasteiger partial charge in [-0.3, -0.25) is 4.79 Å². The monoisotopic (exact) mass is 254 g/mol. The Bertz CT molecular complexity index is 493. The Kier molecular flexibility index (Phi) is 2.25. The highest BCUT2D eigenvalue weighted by Gasteiger charge is 2.05. The minimum absolute atomic E-state index is 0.0625. The second-order valence-corrected chi connectivity index (χ2v) is 3.70. The summed E-state index contributed by atoms with van der Waals surface area (Å²) in [5, 5.41) is 9.59. The van der Waals surface area contributed by atoms with Gasteiger partial charge < -0.3 is 9.67 Å². The highest BCUT2D eigenvalue weighted by atomic mass is 79.9. The van der Waals surface area contributed by atoms with E-state index in [1.165, 1.54) is 0 Å². The minimum atomic E-state index is -0.871. The van der Waals surface area contributed by atoms with Gasteiger partial charge in [0.15, 0.2) is 0 Å². The number of halogens is 1. The molecule has 0 saturated carbocycles. The molecule has 0 bridgehead atoms. The first-order chi connectivity index (χ1) is 6.66. The van der Waals surface area contributed by atoms with Gasteiger partial charge in [0.1, 0.15) is 16.8 Å². The highest BCUT2D eigenvalue weighted by molar-refractivity contribution is 9.10. The first kappa shape index (κ1) is 9.21.